The molecule has 0 radical (unpaired) electrons. The summed E-state index contributed by atoms with van der Waals surface area (Å²) in [5.41, 5.74) is 2.85. The lowest BCUT2D eigenvalue weighted by Gasteiger charge is -2.17. The van der Waals surface area contributed by atoms with Crippen molar-refractivity contribution >= 4 is 23.7 Å². The van der Waals surface area contributed by atoms with Crippen molar-refractivity contribution in [1.29, 1.82) is 0 Å². The van der Waals surface area contributed by atoms with E-state index in [4.69, 9.17) is 0 Å². The van der Waals surface area contributed by atoms with E-state index in [2.05, 4.69) is 23.5 Å². The predicted molar refractivity (Wildman–Crippen MR) is 78.9 cm³/mol. The number of benzene rings is 1. The third-order valence-electron chi connectivity index (χ3n) is 3.85. The smallest absolute Gasteiger partial charge is 0.324 e. The number of urea groups is 1. The van der Waals surface area contributed by atoms with Gasteiger partial charge < -0.3 is 5.32 Å². The molecule has 1 aliphatic heterocycles. The van der Waals surface area contributed by atoms with Crippen LogP contribution in [-0.2, 0) is 17.6 Å². The average Bonchev–Trinajstić information content (AvgIpc) is 3.05. The first kappa shape index (κ1) is 13.5. The Morgan fingerprint density at radius 3 is 2.90 bits per heavy atom. The zero-order valence-corrected chi connectivity index (χ0v) is 12.3. The third-order valence-corrected chi connectivity index (χ3v) is 4.93. The first-order valence-corrected chi connectivity index (χ1v) is 7.91. The maximum atomic E-state index is 12.2. The van der Waals surface area contributed by atoms with E-state index in [0.717, 1.165) is 11.3 Å². The minimum atomic E-state index is -0.267. The molecule has 0 spiro atoms. The minimum Gasteiger partial charge on any atom is -0.336 e. The number of hydrogen-bond acceptors (Lipinski definition) is 3. The van der Waals surface area contributed by atoms with Crippen LogP contribution in [-0.4, -0.2) is 35.2 Å². The van der Waals surface area contributed by atoms with E-state index in [-0.39, 0.29) is 17.2 Å². The zero-order chi connectivity index (χ0) is 14.1. The summed E-state index contributed by atoms with van der Waals surface area (Å²) < 4.78 is 0. The topological polar surface area (TPSA) is 49.4 Å². The number of aryl methyl sites for hydroxylation is 2. The lowest BCUT2D eigenvalue weighted by Crippen LogP contribution is -2.38. The minimum absolute atomic E-state index is 0.106. The van der Waals surface area contributed by atoms with Crippen LogP contribution < -0.4 is 5.32 Å². The van der Waals surface area contributed by atoms with Gasteiger partial charge in [-0.25, -0.2) is 4.79 Å². The Balaban J connectivity index is 1.68. The van der Waals surface area contributed by atoms with Crippen molar-refractivity contribution in [2.75, 3.05) is 13.1 Å². The van der Waals surface area contributed by atoms with Crippen molar-refractivity contribution in [3.63, 3.8) is 0 Å². The van der Waals surface area contributed by atoms with Gasteiger partial charge in [0.15, 0.2) is 0 Å². The van der Waals surface area contributed by atoms with E-state index in [0.29, 0.717) is 13.1 Å². The molecule has 0 bridgehead atoms. The highest BCUT2D eigenvalue weighted by Crippen LogP contribution is 2.30. The number of fused-ring (bicyclic) bond motifs is 1. The maximum Gasteiger partial charge on any atom is 0.324 e. The highest BCUT2D eigenvalue weighted by atomic mass is 32.2. The van der Waals surface area contributed by atoms with Crippen molar-refractivity contribution in [3.8, 4) is 0 Å². The second kappa shape index (κ2) is 5.48. The van der Waals surface area contributed by atoms with Gasteiger partial charge in [0.1, 0.15) is 0 Å². The van der Waals surface area contributed by atoms with Crippen LogP contribution in [0.2, 0.25) is 0 Å². The van der Waals surface area contributed by atoms with Crippen LogP contribution >= 0.6 is 11.8 Å². The molecular formula is C15H18N2O2S. The Morgan fingerprint density at radius 2 is 2.15 bits per heavy atom. The SMILES string of the molecule is C[C@@H](Sc1ccc2c(c1)CCC2)C(=O)N1CCNC1=O. The van der Waals surface area contributed by atoms with Crippen molar-refractivity contribution in [1.82, 2.24) is 10.2 Å². The van der Waals surface area contributed by atoms with E-state index >= 15 is 0 Å². The molecule has 3 amide bonds. The van der Waals surface area contributed by atoms with E-state index in [1.54, 1.807) is 0 Å². The van der Waals surface area contributed by atoms with Gasteiger partial charge in [0, 0.05) is 18.0 Å². The number of imide groups is 1. The Kier molecular flexibility index (Phi) is 3.70. The van der Waals surface area contributed by atoms with Crippen LogP contribution in [0.3, 0.4) is 0 Å². The van der Waals surface area contributed by atoms with E-state index in [1.165, 1.54) is 40.6 Å². The van der Waals surface area contributed by atoms with Crippen LogP contribution in [0.5, 0.6) is 0 Å². The molecule has 1 aromatic rings. The summed E-state index contributed by atoms with van der Waals surface area (Å²) in [5.74, 6) is -0.106. The molecule has 2 aliphatic rings. The first-order valence-electron chi connectivity index (χ1n) is 7.03. The van der Waals surface area contributed by atoms with Gasteiger partial charge in [0.05, 0.1) is 5.25 Å². The fraction of sp³-hybridized carbons (Fsp3) is 0.467. The molecule has 1 aromatic carbocycles. The summed E-state index contributed by atoms with van der Waals surface area (Å²) in [6.07, 6.45) is 3.54. The summed E-state index contributed by atoms with van der Waals surface area (Å²) in [6.45, 7) is 2.90. The van der Waals surface area contributed by atoms with Gasteiger partial charge in [-0.3, -0.25) is 9.69 Å². The average molecular weight is 290 g/mol. The summed E-state index contributed by atoms with van der Waals surface area (Å²) in [5, 5.41) is 2.42. The Morgan fingerprint density at radius 1 is 1.35 bits per heavy atom. The molecule has 1 N–H and O–H groups in total. The Hall–Kier alpha value is -1.49. The highest BCUT2D eigenvalue weighted by Gasteiger charge is 2.30. The standard InChI is InChI=1S/C15H18N2O2S/c1-10(14(18)17-8-7-16-15(17)19)20-13-6-5-11-3-2-4-12(11)9-13/h5-6,9-10H,2-4,7-8H2,1H3,(H,16,19)/t10-/m1/s1. The quantitative estimate of drug-likeness (QED) is 0.868. The lowest BCUT2D eigenvalue weighted by molar-refractivity contribution is -0.126. The van der Waals surface area contributed by atoms with Crippen LogP contribution in [0.25, 0.3) is 0 Å². The molecule has 1 atom stereocenters. The number of amides is 3. The Labute approximate surface area is 122 Å². The number of rotatable bonds is 3. The number of carbonyl (C=O) groups is 2. The monoisotopic (exact) mass is 290 g/mol. The van der Waals surface area contributed by atoms with E-state index in [9.17, 15) is 9.59 Å². The van der Waals surface area contributed by atoms with Gasteiger partial charge >= 0.3 is 6.03 Å². The second-order valence-electron chi connectivity index (χ2n) is 5.27. The Bertz CT molecular complexity index is 559. The number of nitrogens with zero attached hydrogens (tertiary/aromatic N) is 1. The zero-order valence-electron chi connectivity index (χ0n) is 11.5. The third kappa shape index (κ3) is 2.54. The number of nitrogens with one attached hydrogen (secondary N) is 1. The molecular weight excluding hydrogens is 272 g/mol. The summed E-state index contributed by atoms with van der Waals surface area (Å²) >= 11 is 1.54. The second-order valence-corrected chi connectivity index (χ2v) is 6.68. The van der Waals surface area contributed by atoms with Crippen LogP contribution in [0.4, 0.5) is 4.79 Å². The fourth-order valence-electron chi connectivity index (χ4n) is 2.78. The van der Waals surface area contributed by atoms with Gasteiger partial charge in [0.2, 0.25) is 5.91 Å². The molecule has 106 valence electrons. The molecule has 3 rings (SSSR count). The molecule has 1 saturated heterocycles. The highest BCUT2D eigenvalue weighted by molar-refractivity contribution is 8.00. The van der Waals surface area contributed by atoms with E-state index in [1.807, 2.05) is 6.92 Å². The summed E-state index contributed by atoms with van der Waals surface area (Å²) in [4.78, 5) is 26.2. The first-order chi connectivity index (χ1) is 9.65. The molecule has 4 nitrogen and oxygen atoms in total. The van der Waals surface area contributed by atoms with Crippen molar-refractivity contribution < 1.29 is 9.59 Å². The van der Waals surface area contributed by atoms with Gasteiger partial charge in [-0.1, -0.05) is 6.07 Å². The fourth-order valence-corrected chi connectivity index (χ4v) is 3.77. The summed E-state index contributed by atoms with van der Waals surface area (Å²) in [6, 6.07) is 6.19. The van der Waals surface area contributed by atoms with Gasteiger partial charge in [-0.05, 0) is 49.4 Å². The van der Waals surface area contributed by atoms with Crippen molar-refractivity contribution in [3.05, 3.63) is 29.3 Å². The largest absolute Gasteiger partial charge is 0.336 e. The van der Waals surface area contributed by atoms with Crippen LogP contribution in [0.15, 0.2) is 23.1 Å². The molecule has 0 saturated carbocycles. The number of thioether (sulfide) groups is 1. The molecule has 1 aliphatic carbocycles. The van der Waals surface area contributed by atoms with Gasteiger partial charge in [-0.2, -0.15) is 0 Å². The lowest BCUT2D eigenvalue weighted by atomic mass is 10.1. The molecule has 0 aromatic heterocycles. The summed E-state index contributed by atoms with van der Waals surface area (Å²) in [7, 11) is 0. The van der Waals surface area contributed by atoms with Crippen molar-refractivity contribution in [2.45, 2.75) is 36.3 Å². The van der Waals surface area contributed by atoms with Gasteiger partial charge in [-0.15, -0.1) is 11.8 Å². The van der Waals surface area contributed by atoms with Crippen LogP contribution in [0, 0.1) is 0 Å². The number of hydrogen-bond donors (Lipinski definition) is 1. The molecule has 0 unspecified atom stereocenters. The van der Waals surface area contributed by atoms with Crippen molar-refractivity contribution in [2.24, 2.45) is 0 Å². The predicted octanol–water partition coefficient (Wildman–Crippen LogP) is 2.21. The molecule has 1 fully saturated rings. The maximum absolute atomic E-state index is 12.2. The molecule has 20 heavy (non-hydrogen) atoms. The molecule has 5 heteroatoms. The molecule has 1 heterocycles. The number of carbonyl (C=O) groups excluding carboxylic acids is 2. The van der Waals surface area contributed by atoms with Gasteiger partial charge in [0.25, 0.3) is 0 Å². The van der Waals surface area contributed by atoms with E-state index < -0.39 is 0 Å². The normalized spacial score (nSPS) is 18.9. The van der Waals surface area contributed by atoms with Crippen LogP contribution in [0.1, 0.15) is 24.5 Å².